The van der Waals surface area contributed by atoms with Crippen molar-refractivity contribution in [2.24, 2.45) is 0 Å². The van der Waals surface area contributed by atoms with Crippen LogP contribution in [0.15, 0.2) is 18.2 Å². The van der Waals surface area contributed by atoms with Gasteiger partial charge in [0.25, 0.3) is 0 Å². The lowest BCUT2D eigenvalue weighted by Crippen LogP contribution is -2.39. The molecule has 0 unspecified atom stereocenters. The van der Waals surface area contributed by atoms with E-state index in [0.717, 1.165) is 17.5 Å². The minimum atomic E-state index is -0.717. The second kappa shape index (κ2) is 8.04. The van der Waals surface area contributed by atoms with Crippen LogP contribution in [0.3, 0.4) is 0 Å². The van der Waals surface area contributed by atoms with Crippen LogP contribution in [0.25, 0.3) is 0 Å². The summed E-state index contributed by atoms with van der Waals surface area (Å²) in [4.78, 5) is 34.2. The van der Waals surface area contributed by atoms with Crippen molar-refractivity contribution in [3.8, 4) is 0 Å². The largest absolute Gasteiger partial charge is 0.355 e. The van der Waals surface area contributed by atoms with Gasteiger partial charge in [0.15, 0.2) is 0 Å². The van der Waals surface area contributed by atoms with Crippen molar-refractivity contribution in [3.05, 3.63) is 29.3 Å². The second-order valence-electron chi connectivity index (χ2n) is 4.66. The maximum atomic E-state index is 11.9. The summed E-state index contributed by atoms with van der Waals surface area (Å²) in [6, 6.07) is 5.71. The molecule has 6 heteroatoms. The quantitative estimate of drug-likeness (QED) is 0.552. The summed E-state index contributed by atoms with van der Waals surface area (Å²) in [5.74, 6) is -1.60. The van der Waals surface area contributed by atoms with Gasteiger partial charge in [0, 0.05) is 25.7 Å². The van der Waals surface area contributed by atoms with E-state index in [2.05, 4.69) is 16.0 Å². The Morgan fingerprint density at radius 2 is 1.71 bits per heavy atom. The highest BCUT2D eigenvalue weighted by Gasteiger charge is 2.15. The number of nitrogens with one attached hydrogen (secondary N) is 3. The van der Waals surface area contributed by atoms with Crippen molar-refractivity contribution in [3.63, 3.8) is 0 Å². The second-order valence-corrected chi connectivity index (χ2v) is 4.66. The van der Waals surface area contributed by atoms with E-state index in [1.165, 1.54) is 6.92 Å². The van der Waals surface area contributed by atoms with E-state index in [-0.39, 0.29) is 12.5 Å². The molecular weight excluding hydrogens is 270 g/mol. The van der Waals surface area contributed by atoms with E-state index < -0.39 is 11.8 Å². The number of hydrogen-bond donors (Lipinski definition) is 3. The molecule has 6 nitrogen and oxygen atoms in total. The van der Waals surface area contributed by atoms with Crippen LogP contribution in [0.2, 0.25) is 0 Å². The Morgan fingerprint density at radius 3 is 2.33 bits per heavy atom. The minimum Gasteiger partial charge on any atom is -0.355 e. The fourth-order valence-electron chi connectivity index (χ4n) is 1.87. The van der Waals surface area contributed by atoms with Crippen molar-refractivity contribution >= 4 is 23.4 Å². The highest BCUT2D eigenvalue weighted by atomic mass is 16.2. The summed E-state index contributed by atoms with van der Waals surface area (Å²) in [5.41, 5.74) is 2.57. The molecule has 0 aliphatic rings. The van der Waals surface area contributed by atoms with Gasteiger partial charge in [0.05, 0.1) is 0 Å². The van der Waals surface area contributed by atoms with Gasteiger partial charge in [-0.25, -0.2) is 0 Å². The summed E-state index contributed by atoms with van der Waals surface area (Å²) >= 11 is 0. The molecule has 0 atom stereocenters. The van der Waals surface area contributed by atoms with Crippen LogP contribution in [0, 0.1) is 6.92 Å². The molecule has 0 aromatic heterocycles. The van der Waals surface area contributed by atoms with Gasteiger partial charge in [-0.05, 0) is 24.5 Å². The third-order valence-electron chi connectivity index (χ3n) is 2.97. The zero-order chi connectivity index (χ0) is 15.8. The van der Waals surface area contributed by atoms with Gasteiger partial charge in [-0.1, -0.05) is 25.1 Å². The molecule has 1 aromatic carbocycles. The molecule has 114 valence electrons. The zero-order valence-corrected chi connectivity index (χ0v) is 12.6. The van der Waals surface area contributed by atoms with E-state index in [0.29, 0.717) is 12.2 Å². The number of hydrogen-bond acceptors (Lipinski definition) is 3. The van der Waals surface area contributed by atoms with Gasteiger partial charge >= 0.3 is 11.8 Å². The standard InChI is InChI=1S/C15H21N3O3/c1-4-12-7-5-6-10(2)13(12)18-15(21)14(20)17-9-8-16-11(3)19/h5-7H,4,8-9H2,1-3H3,(H,16,19)(H,17,20)(H,18,21). The van der Waals surface area contributed by atoms with Crippen LogP contribution in [-0.4, -0.2) is 30.8 Å². The van der Waals surface area contributed by atoms with Gasteiger partial charge in [-0.2, -0.15) is 0 Å². The van der Waals surface area contributed by atoms with E-state index in [1.807, 2.05) is 32.0 Å². The predicted octanol–water partition coefficient (Wildman–Crippen LogP) is 0.748. The molecule has 0 aliphatic carbocycles. The highest BCUT2D eigenvalue weighted by Crippen LogP contribution is 2.20. The van der Waals surface area contributed by atoms with E-state index in [1.54, 1.807) is 0 Å². The highest BCUT2D eigenvalue weighted by molar-refractivity contribution is 6.39. The number of rotatable bonds is 5. The normalized spacial score (nSPS) is 9.86. The topological polar surface area (TPSA) is 87.3 Å². The first-order chi connectivity index (χ1) is 9.95. The Morgan fingerprint density at radius 1 is 1.05 bits per heavy atom. The third kappa shape index (κ3) is 5.25. The number of amides is 3. The molecular formula is C15H21N3O3. The molecule has 0 bridgehead atoms. The molecule has 0 radical (unpaired) electrons. The summed E-state index contributed by atoms with van der Waals surface area (Å²) in [5, 5.41) is 7.62. The third-order valence-corrected chi connectivity index (χ3v) is 2.97. The fraction of sp³-hybridized carbons (Fsp3) is 0.400. The maximum absolute atomic E-state index is 11.9. The molecule has 0 saturated heterocycles. The Hall–Kier alpha value is -2.37. The Balaban J connectivity index is 2.57. The molecule has 0 heterocycles. The summed E-state index contributed by atoms with van der Waals surface area (Å²) in [7, 11) is 0. The van der Waals surface area contributed by atoms with Crippen molar-refractivity contribution in [2.45, 2.75) is 27.2 Å². The Kier molecular flexibility index (Phi) is 6.39. The maximum Gasteiger partial charge on any atom is 0.313 e. The summed E-state index contributed by atoms with van der Waals surface area (Å²) in [6.45, 7) is 5.75. The van der Waals surface area contributed by atoms with Crippen molar-refractivity contribution in [1.29, 1.82) is 0 Å². The summed E-state index contributed by atoms with van der Waals surface area (Å²) < 4.78 is 0. The average Bonchev–Trinajstić information content (AvgIpc) is 2.45. The number of anilines is 1. The molecule has 0 aliphatic heterocycles. The van der Waals surface area contributed by atoms with Crippen molar-refractivity contribution in [2.75, 3.05) is 18.4 Å². The first-order valence-corrected chi connectivity index (χ1v) is 6.87. The van der Waals surface area contributed by atoms with Crippen molar-refractivity contribution < 1.29 is 14.4 Å². The molecule has 3 amide bonds. The average molecular weight is 291 g/mol. The predicted molar refractivity (Wildman–Crippen MR) is 80.9 cm³/mol. The van der Waals surface area contributed by atoms with Gasteiger partial charge in [0.1, 0.15) is 0 Å². The van der Waals surface area contributed by atoms with E-state index >= 15 is 0 Å². The van der Waals surface area contributed by atoms with Gasteiger partial charge in [0.2, 0.25) is 5.91 Å². The van der Waals surface area contributed by atoms with Crippen LogP contribution in [0.1, 0.15) is 25.0 Å². The van der Waals surface area contributed by atoms with Crippen LogP contribution in [0.5, 0.6) is 0 Å². The number of carbonyl (C=O) groups is 3. The summed E-state index contributed by atoms with van der Waals surface area (Å²) in [6.07, 6.45) is 0.765. The van der Waals surface area contributed by atoms with Gasteiger partial charge in [-0.3, -0.25) is 14.4 Å². The zero-order valence-electron chi connectivity index (χ0n) is 12.6. The smallest absolute Gasteiger partial charge is 0.313 e. The lowest BCUT2D eigenvalue weighted by atomic mass is 10.1. The van der Waals surface area contributed by atoms with Crippen LogP contribution in [0.4, 0.5) is 5.69 Å². The van der Waals surface area contributed by atoms with E-state index in [9.17, 15) is 14.4 Å². The number of aryl methyl sites for hydroxylation is 2. The van der Waals surface area contributed by atoms with Gasteiger partial charge < -0.3 is 16.0 Å². The molecule has 0 saturated carbocycles. The monoisotopic (exact) mass is 291 g/mol. The number of para-hydroxylation sites is 1. The molecule has 21 heavy (non-hydrogen) atoms. The first kappa shape index (κ1) is 16.7. The van der Waals surface area contributed by atoms with Crippen LogP contribution >= 0.6 is 0 Å². The van der Waals surface area contributed by atoms with Crippen molar-refractivity contribution in [1.82, 2.24) is 10.6 Å². The lowest BCUT2D eigenvalue weighted by molar-refractivity contribution is -0.136. The number of benzene rings is 1. The minimum absolute atomic E-state index is 0.179. The van der Waals surface area contributed by atoms with E-state index in [4.69, 9.17) is 0 Å². The Bertz CT molecular complexity index is 541. The molecule has 0 spiro atoms. The fourth-order valence-corrected chi connectivity index (χ4v) is 1.87. The van der Waals surface area contributed by atoms with Crippen LogP contribution in [-0.2, 0) is 20.8 Å². The first-order valence-electron chi connectivity index (χ1n) is 6.87. The molecule has 0 fully saturated rings. The molecule has 1 aromatic rings. The lowest BCUT2D eigenvalue weighted by Gasteiger charge is -2.12. The van der Waals surface area contributed by atoms with Gasteiger partial charge in [-0.15, -0.1) is 0 Å². The molecule has 1 rings (SSSR count). The Labute approximate surface area is 124 Å². The number of carbonyl (C=O) groups excluding carboxylic acids is 3. The molecule has 3 N–H and O–H groups in total. The van der Waals surface area contributed by atoms with Crippen LogP contribution < -0.4 is 16.0 Å². The SMILES string of the molecule is CCc1cccc(C)c1NC(=O)C(=O)NCCNC(C)=O.